The molecule has 2 heterocycles. The molecule has 0 unspecified atom stereocenters. The molecule has 1 amide bonds. The van der Waals surface area contributed by atoms with E-state index in [-0.39, 0.29) is 23.1 Å². The molecule has 0 aliphatic heterocycles. The number of rotatable bonds is 4. The van der Waals surface area contributed by atoms with E-state index >= 15 is 0 Å². The molecule has 21 heavy (non-hydrogen) atoms. The predicted octanol–water partition coefficient (Wildman–Crippen LogP) is 1.97. The van der Waals surface area contributed by atoms with Crippen LogP contribution in [0, 0.1) is 5.92 Å². The van der Waals surface area contributed by atoms with Gasteiger partial charge in [0.15, 0.2) is 0 Å². The average molecular weight is 283 g/mol. The third-order valence-corrected chi connectivity index (χ3v) is 3.83. The Bertz CT molecular complexity index is 705. The zero-order valence-corrected chi connectivity index (χ0v) is 11.8. The number of carbonyl (C=O) groups is 1. The Balaban J connectivity index is 1.81. The van der Waals surface area contributed by atoms with Gasteiger partial charge in [0.2, 0.25) is 0 Å². The highest BCUT2D eigenvalue weighted by Crippen LogP contribution is 2.32. The van der Waals surface area contributed by atoms with Crippen LogP contribution in [-0.4, -0.2) is 21.9 Å². The van der Waals surface area contributed by atoms with Gasteiger partial charge in [-0.3, -0.25) is 14.6 Å². The number of hydrogen-bond donors (Lipinski definition) is 2. The molecule has 0 spiro atoms. The van der Waals surface area contributed by atoms with Crippen LogP contribution < -0.4 is 10.9 Å². The van der Waals surface area contributed by atoms with E-state index < -0.39 is 0 Å². The minimum atomic E-state index is -0.371. The molecular weight excluding hydrogens is 266 g/mol. The molecule has 1 aliphatic rings. The van der Waals surface area contributed by atoms with Crippen molar-refractivity contribution < 1.29 is 4.79 Å². The molecule has 2 aromatic heterocycles. The molecular formula is C16H17N3O2. The summed E-state index contributed by atoms with van der Waals surface area (Å²) in [6.45, 7) is 1.98. The molecule has 1 atom stereocenters. The minimum Gasteiger partial charge on any atom is -0.349 e. The smallest absolute Gasteiger partial charge is 0.261 e. The maximum absolute atomic E-state index is 12.1. The lowest BCUT2D eigenvalue weighted by Gasteiger charge is -2.12. The van der Waals surface area contributed by atoms with Crippen LogP contribution in [0.3, 0.4) is 0 Å². The quantitative estimate of drug-likeness (QED) is 0.900. The summed E-state index contributed by atoms with van der Waals surface area (Å²) in [5.74, 6) is 0.251. The maximum atomic E-state index is 12.1. The molecule has 0 saturated heterocycles. The van der Waals surface area contributed by atoms with E-state index in [0.29, 0.717) is 11.6 Å². The SMILES string of the molecule is C[C@H](NC(=O)c1ccc(-c2ccncc2)[nH]c1=O)C1CC1. The van der Waals surface area contributed by atoms with E-state index in [9.17, 15) is 9.59 Å². The third kappa shape index (κ3) is 3.02. The van der Waals surface area contributed by atoms with Crippen molar-refractivity contribution in [2.45, 2.75) is 25.8 Å². The summed E-state index contributed by atoms with van der Waals surface area (Å²) in [5, 5.41) is 2.89. The molecule has 1 saturated carbocycles. The van der Waals surface area contributed by atoms with Crippen molar-refractivity contribution in [1.29, 1.82) is 0 Å². The first-order chi connectivity index (χ1) is 10.1. The van der Waals surface area contributed by atoms with Crippen LogP contribution in [0.2, 0.25) is 0 Å². The fourth-order valence-corrected chi connectivity index (χ4v) is 2.35. The van der Waals surface area contributed by atoms with E-state index in [2.05, 4.69) is 15.3 Å². The summed E-state index contributed by atoms with van der Waals surface area (Å²) in [4.78, 5) is 30.9. The van der Waals surface area contributed by atoms with E-state index in [1.165, 1.54) is 0 Å². The van der Waals surface area contributed by atoms with Gasteiger partial charge < -0.3 is 10.3 Å². The Labute approximate surface area is 122 Å². The fourth-order valence-electron chi connectivity index (χ4n) is 2.35. The summed E-state index contributed by atoms with van der Waals surface area (Å²) < 4.78 is 0. The zero-order chi connectivity index (χ0) is 14.8. The Morgan fingerprint density at radius 2 is 2.00 bits per heavy atom. The Morgan fingerprint density at radius 3 is 2.62 bits per heavy atom. The van der Waals surface area contributed by atoms with Gasteiger partial charge in [0.25, 0.3) is 11.5 Å². The van der Waals surface area contributed by atoms with E-state index in [1.807, 2.05) is 6.92 Å². The molecule has 0 aromatic carbocycles. The van der Waals surface area contributed by atoms with Gasteiger partial charge in [-0.1, -0.05) is 0 Å². The monoisotopic (exact) mass is 283 g/mol. The van der Waals surface area contributed by atoms with Crippen molar-refractivity contribution in [3.63, 3.8) is 0 Å². The average Bonchev–Trinajstić information content (AvgIpc) is 3.32. The zero-order valence-electron chi connectivity index (χ0n) is 11.8. The van der Waals surface area contributed by atoms with Crippen molar-refractivity contribution in [3.8, 4) is 11.3 Å². The lowest BCUT2D eigenvalue weighted by atomic mass is 10.1. The second kappa shape index (κ2) is 5.52. The van der Waals surface area contributed by atoms with Gasteiger partial charge in [-0.25, -0.2) is 0 Å². The largest absolute Gasteiger partial charge is 0.349 e. The van der Waals surface area contributed by atoms with Crippen LogP contribution in [-0.2, 0) is 0 Å². The van der Waals surface area contributed by atoms with Crippen molar-refractivity contribution in [1.82, 2.24) is 15.3 Å². The number of hydrogen-bond acceptors (Lipinski definition) is 3. The van der Waals surface area contributed by atoms with Crippen molar-refractivity contribution in [2.24, 2.45) is 5.92 Å². The number of aromatic nitrogens is 2. The first kappa shape index (κ1) is 13.5. The molecule has 2 N–H and O–H groups in total. The molecule has 0 radical (unpaired) electrons. The molecule has 108 valence electrons. The predicted molar refractivity (Wildman–Crippen MR) is 79.9 cm³/mol. The van der Waals surface area contributed by atoms with E-state index in [1.54, 1.807) is 36.7 Å². The number of pyridine rings is 2. The van der Waals surface area contributed by atoms with Crippen molar-refractivity contribution in [3.05, 3.63) is 52.6 Å². The number of nitrogens with zero attached hydrogens (tertiary/aromatic N) is 1. The summed E-state index contributed by atoms with van der Waals surface area (Å²) in [5.41, 5.74) is 1.32. The van der Waals surface area contributed by atoms with Gasteiger partial charge in [0.05, 0.1) is 0 Å². The lowest BCUT2D eigenvalue weighted by molar-refractivity contribution is 0.0934. The highest BCUT2D eigenvalue weighted by molar-refractivity contribution is 5.94. The molecule has 0 bridgehead atoms. The first-order valence-corrected chi connectivity index (χ1v) is 7.10. The molecule has 3 rings (SSSR count). The van der Waals surface area contributed by atoms with Gasteiger partial charge in [-0.2, -0.15) is 0 Å². The molecule has 5 heteroatoms. The second-order valence-electron chi connectivity index (χ2n) is 5.45. The van der Waals surface area contributed by atoms with Crippen LogP contribution in [0.15, 0.2) is 41.5 Å². The Kier molecular flexibility index (Phi) is 3.56. The van der Waals surface area contributed by atoms with Crippen LogP contribution in [0.5, 0.6) is 0 Å². The minimum absolute atomic E-state index is 0.122. The summed E-state index contributed by atoms with van der Waals surface area (Å²) in [6.07, 6.45) is 5.62. The first-order valence-electron chi connectivity index (χ1n) is 7.10. The molecule has 5 nitrogen and oxygen atoms in total. The van der Waals surface area contributed by atoms with Gasteiger partial charge in [-0.15, -0.1) is 0 Å². The van der Waals surface area contributed by atoms with Crippen LogP contribution in [0.1, 0.15) is 30.1 Å². The van der Waals surface area contributed by atoms with Gasteiger partial charge >= 0.3 is 0 Å². The van der Waals surface area contributed by atoms with Crippen molar-refractivity contribution in [2.75, 3.05) is 0 Å². The van der Waals surface area contributed by atoms with Crippen LogP contribution >= 0.6 is 0 Å². The van der Waals surface area contributed by atoms with E-state index in [4.69, 9.17) is 0 Å². The normalized spacial score (nSPS) is 15.5. The van der Waals surface area contributed by atoms with Crippen molar-refractivity contribution >= 4 is 5.91 Å². The summed E-state index contributed by atoms with van der Waals surface area (Å²) in [6, 6.07) is 7.05. The third-order valence-electron chi connectivity index (χ3n) is 3.83. The highest BCUT2D eigenvalue weighted by atomic mass is 16.2. The standard InChI is InChI=1S/C16H17N3O2/c1-10(11-2-3-11)18-15(20)13-4-5-14(19-16(13)21)12-6-8-17-9-7-12/h4-11H,2-3H2,1H3,(H,18,20)(H,19,21)/t10-/m0/s1. The number of H-pyrrole nitrogens is 1. The topological polar surface area (TPSA) is 74.8 Å². The molecule has 1 aliphatic carbocycles. The van der Waals surface area contributed by atoms with E-state index in [0.717, 1.165) is 18.4 Å². The fraction of sp³-hybridized carbons (Fsp3) is 0.312. The Hall–Kier alpha value is -2.43. The van der Waals surface area contributed by atoms with Gasteiger partial charge in [0.1, 0.15) is 5.56 Å². The van der Waals surface area contributed by atoms with Gasteiger partial charge in [0, 0.05) is 29.7 Å². The van der Waals surface area contributed by atoms with Crippen LogP contribution in [0.4, 0.5) is 0 Å². The number of carbonyl (C=O) groups excluding carboxylic acids is 1. The number of aromatic amines is 1. The van der Waals surface area contributed by atoms with Crippen LogP contribution in [0.25, 0.3) is 11.3 Å². The molecule has 2 aromatic rings. The number of nitrogens with one attached hydrogen (secondary N) is 2. The lowest BCUT2D eigenvalue weighted by Crippen LogP contribution is -2.37. The Morgan fingerprint density at radius 1 is 1.29 bits per heavy atom. The highest BCUT2D eigenvalue weighted by Gasteiger charge is 2.29. The number of amides is 1. The van der Waals surface area contributed by atoms with Gasteiger partial charge in [-0.05, 0) is 49.9 Å². The summed E-state index contributed by atoms with van der Waals surface area (Å²) in [7, 11) is 0. The molecule has 1 fully saturated rings. The second-order valence-corrected chi connectivity index (χ2v) is 5.45. The maximum Gasteiger partial charge on any atom is 0.261 e. The summed E-state index contributed by atoms with van der Waals surface area (Å²) >= 11 is 0.